The lowest BCUT2D eigenvalue weighted by Gasteiger charge is -2.00. The fourth-order valence-corrected chi connectivity index (χ4v) is 2.07. The lowest BCUT2D eigenvalue weighted by Crippen LogP contribution is -2.00. The lowest BCUT2D eigenvalue weighted by atomic mass is 10.1. The minimum absolute atomic E-state index is 0.0461. The first-order valence-electron chi connectivity index (χ1n) is 6.49. The highest BCUT2D eigenvalue weighted by Crippen LogP contribution is 2.32. The molecule has 3 aromatic rings. The quantitative estimate of drug-likeness (QED) is 0.684. The van der Waals surface area contributed by atoms with Crippen LogP contribution in [-0.4, -0.2) is 18.1 Å². The highest BCUT2D eigenvalue weighted by molar-refractivity contribution is 5.87. The molecule has 0 radical (unpaired) electrons. The van der Waals surface area contributed by atoms with E-state index in [1.54, 1.807) is 0 Å². The maximum Gasteiger partial charge on any atom is 0.394 e. The second-order valence-electron chi connectivity index (χ2n) is 4.42. The number of rotatable bonds is 3. The van der Waals surface area contributed by atoms with Crippen LogP contribution in [0.4, 0.5) is 0 Å². The van der Waals surface area contributed by atoms with Crippen LogP contribution in [0.2, 0.25) is 0 Å². The predicted octanol–water partition coefficient (Wildman–Crippen LogP) is 3.80. The molecule has 0 fully saturated rings. The molecule has 0 bridgehead atoms. The maximum atomic E-state index is 11.7. The van der Waals surface area contributed by atoms with Crippen LogP contribution >= 0.6 is 0 Å². The van der Waals surface area contributed by atoms with Crippen LogP contribution in [0.3, 0.4) is 0 Å². The van der Waals surface area contributed by atoms with Crippen LogP contribution in [0.15, 0.2) is 65.1 Å². The topological polar surface area (TPSA) is 52.3 Å². The van der Waals surface area contributed by atoms with Gasteiger partial charge in [-0.15, -0.1) is 0 Å². The van der Waals surface area contributed by atoms with Gasteiger partial charge in [-0.3, -0.25) is 0 Å². The highest BCUT2D eigenvalue weighted by Gasteiger charge is 2.21. The highest BCUT2D eigenvalue weighted by atomic mass is 16.5. The first-order valence-corrected chi connectivity index (χ1v) is 6.49. The molecule has 0 atom stereocenters. The van der Waals surface area contributed by atoms with E-state index in [1.807, 2.05) is 60.7 Å². The van der Waals surface area contributed by atoms with Gasteiger partial charge in [0, 0.05) is 11.1 Å². The third-order valence-corrected chi connectivity index (χ3v) is 3.07. The molecule has 1 aromatic heterocycles. The van der Waals surface area contributed by atoms with Gasteiger partial charge in [-0.05, 0) is 0 Å². The smallest absolute Gasteiger partial charge is 0.394 e. The lowest BCUT2D eigenvalue weighted by molar-refractivity contribution is 0.0557. The van der Waals surface area contributed by atoms with Gasteiger partial charge in [0.2, 0.25) is 0 Å². The number of hydrogen-bond donors (Lipinski definition) is 0. The Bertz CT molecular complexity index is 691. The van der Waals surface area contributed by atoms with E-state index in [0.717, 1.165) is 11.1 Å². The molecule has 104 valence electrons. The minimum Gasteiger partial charge on any atom is -0.462 e. The normalized spacial score (nSPS) is 10.3. The second kappa shape index (κ2) is 5.63. The summed E-state index contributed by atoms with van der Waals surface area (Å²) in [6.07, 6.45) is 0. The number of benzene rings is 2. The molecule has 0 N–H and O–H groups in total. The molecule has 0 aliphatic carbocycles. The molecule has 0 saturated carbocycles. The van der Waals surface area contributed by atoms with E-state index in [0.29, 0.717) is 11.5 Å². The molecule has 0 aliphatic heterocycles. The van der Waals surface area contributed by atoms with E-state index in [2.05, 4.69) is 9.72 Å². The summed E-state index contributed by atoms with van der Waals surface area (Å²) < 4.78 is 10.3. The van der Waals surface area contributed by atoms with Crippen LogP contribution in [0.25, 0.3) is 22.6 Å². The van der Waals surface area contributed by atoms with E-state index >= 15 is 0 Å². The SMILES string of the molecule is COC(=O)c1nc(-c2ccccc2)c(-c2ccccc2)o1. The summed E-state index contributed by atoms with van der Waals surface area (Å²) in [6.45, 7) is 0. The Hall–Kier alpha value is -2.88. The Labute approximate surface area is 122 Å². The number of aromatic nitrogens is 1. The van der Waals surface area contributed by atoms with Crippen LogP contribution in [0.1, 0.15) is 10.7 Å². The van der Waals surface area contributed by atoms with Gasteiger partial charge >= 0.3 is 11.9 Å². The van der Waals surface area contributed by atoms with Gasteiger partial charge < -0.3 is 9.15 Å². The van der Waals surface area contributed by atoms with E-state index < -0.39 is 5.97 Å². The zero-order valence-electron chi connectivity index (χ0n) is 11.4. The molecule has 4 nitrogen and oxygen atoms in total. The zero-order chi connectivity index (χ0) is 14.7. The number of carbonyl (C=O) groups is 1. The fourth-order valence-electron chi connectivity index (χ4n) is 2.07. The monoisotopic (exact) mass is 279 g/mol. The van der Waals surface area contributed by atoms with E-state index in [1.165, 1.54) is 7.11 Å². The number of ether oxygens (including phenoxy) is 1. The summed E-state index contributed by atoms with van der Waals surface area (Å²) in [5.74, 6) is -0.0771. The van der Waals surface area contributed by atoms with Crippen molar-refractivity contribution in [1.82, 2.24) is 4.98 Å². The van der Waals surface area contributed by atoms with Crippen LogP contribution < -0.4 is 0 Å². The van der Waals surface area contributed by atoms with Crippen LogP contribution in [0.5, 0.6) is 0 Å². The van der Waals surface area contributed by atoms with Crippen molar-refractivity contribution in [2.24, 2.45) is 0 Å². The Morgan fingerprint density at radius 3 is 2.10 bits per heavy atom. The maximum absolute atomic E-state index is 11.7. The molecule has 1 heterocycles. The summed E-state index contributed by atoms with van der Waals surface area (Å²) in [5.41, 5.74) is 2.37. The zero-order valence-corrected chi connectivity index (χ0v) is 11.4. The second-order valence-corrected chi connectivity index (χ2v) is 4.42. The van der Waals surface area contributed by atoms with Crippen molar-refractivity contribution in [2.75, 3.05) is 7.11 Å². The van der Waals surface area contributed by atoms with E-state index in [-0.39, 0.29) is 5.89 Å². The number of oxazole rings is 1. The van der Waals surface area contributed by atoms with Crippen molar-refractivity contribution in [3.05, 3.63) is 66.6 Å². The van der Waals surface area contributed by atoms with Crippen molar-refractivity contribution >= 4 is 5.97 Å². The summed E-state index contributed by atoms with van der Waals surface area (Å²) >= 11 is 0. The molecule has 0 spiro atoms. The molecular weight excluding hydrogens is 266 g/mol. The Morgan fingerprint density at radius 1 is 0.952 bits per heavy atom. The molecule has 0 aliphatic rings. The van der Waals surface area contributed by atoms with Crippen LogP contribution in [-0.2, 0) is 4.74 Å². The molecular formula is C17H13NO3. The molecule has 0 unspecified atom stereocenters. The van der Waals surface area contributed by atoms with Gasteiger partial charge in [-0.25, -0.2) is 9.78 Å². The number of hydrogen-bond acceptors (Lipinski definition) is 4. The van der Waals surface area contributed by atoms with Crippen molar-refractivity contribution in [3.63, 3.8) is 0 Å². The number of carbonyl (C=O) groups excluding carboxylic acids is 1. The fraction of sp³-hybridized carbons (Fsp3) is 0.0588. The largest absolute Gasteiger partial charge is 0.462 e. The van der Waals surface area contributed by atoms with Gasteiger partial charge in [-0.1, -0.05) is 60.7 Å². The standard InChI is InChI=1S/C17H13NO3/c1-20-17(19)16-18-14(12-8-4-2-5-9-12)15(21-16)13-10-6-3-7-11-13/h2-11H,1H3. The van der Waals surface area contributed by atoms with E-state index in [9.17, 15) is 4.79 Å². The van der Waals surface area contributed by atoms with E-state index in [4.69, 9.17) is 4.42 Å². The average molecular weight is 279 g/mol. The molecule has 2 aromatic carbocycles. The molecule has 3 rings (SSSR count). The van der Waals surface area contributed by atoms with Gasteiger partial charge in [0.05, 0.1) is 7.11 Å². The Balaban J connectivity index is 2.18. The Morgan fingerprint density at radius 2 is 1.52 bits per heavy atom. The average Bonchev–Trinajstić information content (AvgIpc) is 3.01. The third-order valence-electron chi connectivity index (χ3n) is 3.07. The van der Waals surface area contributed by atoms with Crippen LogP contribution in [0, 0.1) is 0 Å². The first kappa shape index (κ1) is 13.1. The van der Waals surface area contributed by atoms with Crippen molar-refractivity contribution in [1.29, 1.82) is 0 Å². The van der Waals surface area contributed by atoms with Gasteiger partial charge in [-0.2, -0.15) is 0 Å². The molecule has 0 amide bonds. The number of esters is 1. The van der Waals surface area contributed by atoms with Gasteiger partial charge in [0.1, 0.15) is 5.69 Å². The van der Waals surface area contributed by atoms with Crippen molar-refractivity contribution in [2.45, 2.75) is 0 Å². The summed E-state index contributed by atoms with van der Waals surface area (Å²) in [6, 6.07) is 19.1. The van der Waals surface area contributed by atoms with Crippen molar-refractivity contribution < 1.29 is 13.9 Å². The number of methoxy groups -OCH3 is 1. The summed E-state index contributed by atoms with van der Waals surface area (Å²) in [5, 5.41) is 0. The van der Waals surface area contributed by atoms with Gasteiger partial charge in [0.25, 0.3) is 0 Å². The molecule has 21 heavy (non-hydrogen) atoms. The predicted molar refractivity (Wildman–Crippen MR) is 78.7 cm³/mol. The molecule has 4 heteroatoms. The number of nitrogens with zero attached hydrogens (tertiary/aromatic N) is 1. The Kier molecular flexibility index (Phi) is 3.51. The third kappa shape index (κ3) is 2.56. The summed E-state index contributed by atoms with van der Waals surface area (Å²) in [7, 11) is 1.30. The summed E-state index contributed by atoms with van der Waals surface area (Å²) in [4.78, 5) is 15.9. The molecule has 0 saturated heterocycles. The van der Waals surface area contributed by atoms with Gasteiger partial charge in [0.15, 0.2) is 5.76 Å². The first-order chi connectivity index (χ1) is 10.3. The minimum atomic E-state index is -0.589. The van der Waals surface area contributed by atoms with Crippen molar-refractivity contribution in [3.8, 4) is 22.6 Å².